The van der Waals surface area contributed by atoms with E-state index in [4.69, 9.17) is 28.8 Å². The van der Waals surface area contributed by atoms with Gasteiger partial charge in [0.2, 0.25) is 0 Å². The first-order valence-electron chi connectivity index (χ1n) is 3.28. The fourth-order valence-corrected chi connectivity index (χ4v) is 0.660. The zero-order valence-electron chi connectivity index (χ0n) is 6.12. The second-order valence-electron chi connectivity index (χ2n) is 2.23. The van der Waals surface area contributed by atoms with Crippen LogP contribution in [-0.2, 0) is 4.79 Å². The van der Waals surface area contributed by atoms with E-state index < -0.39 is 12.0 Å². The van der Waals surface area contributed by atoms with Gasteiger partial charge in [-0.25, -0.2) is 0 Å². The SMILES string of the molecule is NCC(=S)CC[C@H](N)C(=O)O. The summed E-state index contributed by atoms with van der Waals surface area (Å²) in [6.45, 7) is 0.321. The van der Waals surface area contributed by atoms with Gasteiger partial charge in [0.15, 0.2) is 0 Å². The molecule has 0 aromatic carbocycles. The van der Waals surface area contributed by atoms with Crippen LogP contribution in [0, 0.1) is 0 Å². The Hall–Kier alpha value is -0.520. The zero-order valence-corrected chi connectivity index (χ0v) is 6.93. The van der Waals surface area contributed by atoms with Crippen LogP contribution in [0.5, 0.6) is 0 Å². The standard InChI is InChI=1S/C6H12N2O2S/c7-3-4(11)1-2-5(8)6(9)10/h5H,1-3,7-8H2,(H,9,10)/t5-/m0/s1. The van der Waals surface area contributed by atoms with Gasteiger partial charge in [0, 0.05) is 11.4 Å². The quantitative estimate of drug-likeness (QED) is 0.492. The van der Waals surface area contributed by atoms with E-state index in [1.165, 1.54) is 0 Å². The van der Waals surface area contributed by atoms with Gasteiger partial charge in [0.25, 0.3) is 0 Å². The Morgan fingerprint density at radius 3 is 2.55 bits per heavy atom. The van der Waals surface area contributed by atoms with E-state index in [1.54, 1.807) is 0 Å². The van der Waals surface area contributed by atoms with Crippen molar-refractivity contribution < 1.29 is 9.90 Å². The summed E-state index contributed by atoms with van der Waals surface area (Å²) >= 11 is 4.79. The van der Waals surface area contributed by atoms with E-state index in [9.17, 15) is 4.79 Å². The molecule has 5 heteroatoms. The first-order valence-corrected chi connectivity index (χ1v) is 3.69. The molecule has 0 bridgehead atoms. The third-order valence-electron chi connectivity index (χ3n) is 1.28. The highest BCUT2D eigenvalue weighted by atomic mass is 32.1. The normalized spacial score (nSPS) is 12.5. The summed E-state index contributed by atoms with van der Waals surface area (Å²) in [7, 11) is 0. The number of carboxylic acid groups (broad SMARTS) is 1. The van der Waals surface area contributed by atoms with E-state index in [0.717, 1.165) is 0 Å². The van der Waals surface area contributed by atoms with Gasteiger partial charge in [-0.1, -0.05) is 12.2 Å². The zero-order chi connectivity index (χ0) is 8.85. The van der Waals surface area contributed by atoms with Crippen molar-refractivity contribution in [2.75, 3.05) is 6.54 Å². The molecule has 0 aromatic heterocycles. The summed E-state index contributed by atoms with van der Waals surface area (Å²) in [4.78, 5) is 10.9. The summed E-state index contributed by atoms with van der Waals surface area (Å²) in [5, 5.41) is 8.37. The van der Waals surface area contributed by atoms with Crippen LogP contribution in [0.15, 0.2) is 0 Å². The highest BCUT2D eigenvalue weighted by Gasteiger charge is 2.10. The number of thiocarbonyl (C=S) groups is 1. The van der Waals surface area contributed by atoms with Crippen molar-refractivity contribution in [3.8, 4) is 0 Å². The van der Waals surface area contributed by atoms with E-state index in [1.807, 2.05) is 0 Å². The van der Waals surface area contributed by atoms with Crippen LogP contribution in [-0.4, -0.2) is 28.5 Å². The van der Waals surface area contributed by atoms with E-state index in [-0.39, 0.29) is 0 Å². The Kier molecular flexibility index (Phi) is 4.93. The van der Waals surface area contributed by atoms with Crippen molar-refractivity contribution >= 4 is 23.1 Å². The lowest BCUT2D eigenvalue weighted by Crippen LogP contribution is -2.31. The molecule has 0 rings (SSSR count). The summed E-state index contributed by atoms with van der Waals surface area (Å²) < 4.78 is 0. The van der Waals surface area contributed by atoms with Gasteiger partial charge in [-0.3, -0.25) is 4.79 Å². The van der Waals surface area contributed by atoms with Crippen LogP contribution in [0.2, 0.25) is 0 Å². The maximum atomic E-state index is 10.2. The third-order valence-corrected chi connectivity index (χ3v) is 1.65. The highest BCUT2D eigenvalue weighted by Crippen LogP contribution is 1.96. The van der Waals surface area contributed by atoms with Crippen molar-refractivity contribution in [2.45, 2.75) is 18.9 Å². The van der Waals surface area contributed by atoms with Gasteiger partial charge in [-0.15, -0.1) is 0 Å². The molecule has 4 nitrogen and oxygen atoms in total. The number of nitrogens with two attached hydrogens (primary N) is 2. The molecule has 0 aromatic rings. The summed E-state index contributed by atoms with van der Waals surface area (Å²) in [6.07, 6.45) is 0.880. The van der Waals surface area contributed by atoms with Crippen molar-refractivity contribution in [1.82, 2.24) is 0 Å². The maximum absolute atomic E-state index is 10.2. The number of hydrogen-bond donors (Lipinski definition) is 3. The number of hydrogen-bond acceptors (Lipinski definition) is 4. The molecule has 0 radical (unpaired) electrons. The summed E-state index contributed by atoms with van der Waals surface area (Å²) in [5.41, 5.74) is 10.4. The predicted molar refractivity (Wildman–Crippen MR) is 46.5 cm³/mol. The number of carboxylic acids is 1. The summed E-state index contributed by atoms with van der Waals surface area (Å²) in [5.74, 6) is -0.996. The topological polar surface area (TPSA) is 89.3 Å². The molecule has 0 fully saturated rings. The number of aliphatic carboxylic acids is 1. The Balaban J connectivity index is 3.54. The molecule has 0 saturated heterocycles. The average molecular weight is 176 g/mol. The van der Waals surface area contributed by atoms with Crippen LogP contribution in [0.3, 0.4) is 0 Å². The van der Waals surface area contributed by atoms with Gasteiger partial charge >= 0.3 is 5.97 Å². The molecule has 0 aliphatic carbocycles. The smallest absolute Gasteiger partial charge is 0.320 e. The van der Waals surface area contributed by atoms with Gasteiger partial charge in [0.1, 0.15) is 6.04 Å². The Morgan fingerprint density at radius 1 is 1.64 bits per heavy atom. The molecule has 11 heavy (non-hydrogen) atoms. The molecule has 0 spiro atoms. The molecule has 0 amide bonds. The van der Waals surface area contributed by atoms with Crippen LogP contribution in [0.4, 0.5) is 0 Å². The fraction of sp³-hybridized carbons (Fsp3) is 0.667. The third kappa shape index (κ3) is 4.83. The molecule has 0 unspecified atom stereocenters. The molecule has 1 atom stereocenters. The Labute approximate surface area is 70.6 Å². The van der Waals surface area contributed by atoms with Gasteiger partial charge in [-0.05, 0) is 12.8 Å². The maximum Gasteiger partial charge on any atom is 0.320 e. The number of carbonyl (C=O) groups is 1. The summed E-state index contributed by atoms with van der Waals surface area (Å²) in [6, 6.07) is -0.820. The lowest BCUT2D eigenvalue weighted by atomic mass is 10.1. The first-order chi connectivity index (χ1) is 5.07. The minimum Gasteiger partial charge on any atom is -0.480 e. The van der Waals surface area contributed by atoms with Gasteiger partial charge < -0.3 is 16.6 Å². The van der Waals surface area contributed by atoms with E-state index >= 15 is 0 Å². The lowest BCUT2D eigenvalue weighted by Gasteiger charge is -2.04. The molecule has 0 aliphatic heterocycles. The molecule has 0 aliphatic rings. The molecule has 0 heterocycles. The predicted octanol–water partition coefficient (Wildman–Crippen LogP) is -0.493. The highest BCUT2D eigenvalue weighted by molar-refractivity contribution is 7.80. The van der Waals surface area contributed by atoms with E-state index in [2.05, 4.69) is 0 Å². The largest absolute Gasteiger partial charge is 0.480 e. The van der Waals surface area contributed by atoms with Gasteiger partial charge in [-0.2, -0.15) is 0 Å². The Morgan fingerprint density at radius 2 is 2.18 bits per heavy atom. The fourth-order valence-electron chi connectivity index (χ4n) is 0.542. The monoisotopic (exact) mass is 176 g/mol. The molecule has 0 saturated carbocycles. The van der Waals surface area contributed by atoms with Crippen molar-refractivity contribution in [2.24, 2.45) is 11.5 Å². The first kappa shape index (κ1) is 10.5. The molecule has 5 N–H and O–H groups in total. The van der Waals surface area contributed by atoms with Crippen LogP contribution >= 0.6 is 12.2 Å². The van der Waals surface area contributed by atoms with Crippen LogP contribution in [0.25, 0.3) is 0 Å². The van der Waals surface area contributed by atoms with Crippen LogP contribution < -0.4 is 11.5 Å². The average Bonchev–Trinajstić information content (AvgIpc) is 1.99. The van der Waals surface area contributed by atoms with Gasteiger partial charge in [0.05, 0.1) is 0 Å². The van der Waals surface area contributed by atoms with E-state index in [0.29, 0.717) is 24.3 Å². The Bertz CT molecular complexity index is 161. The van der Waals surface area contributed by atoms with Crippen LogP contribution in [0.1, 0.15) is 12.8 Å². The number of rotatable bonds is 5. The minimum absolute atomic E-state index is 0.321. The van der Waals surface area contributed by atoms with Crippen molar-refractivity contribution in [3.05, 3.63) is 0 Å². The molecular weight excluding hydrogens is 164 g/mol. The molecule has 64 valence electrons. The lowest BCUT2D eigenvalue weighted by molar-refractivity contribution is -0.138. The second kappa shape index (κ2) is 5.17. The van der Waals surface area contributed by atoms with Crippen molar-refractivity contribution in [3.63, 3.8) is 0 Å². The second-order valence-corrected chi connectivity index (χ2v) is 2.80. The minimum atomic E-state index is -0.996. The molecular formula is C6H12N2O2S. The van der Waals surface area contributed by atoms with Crippen molar-refractivity contribution in [1.29, 1.82) is 0 Å².